The molecular formula is C14H21NO3. The Morgan fingerprint density at radius 2 is 1.89 bits per heavy atom. The molecule has 1 aromatic rings. The number of ether oxygens (including phenoxy) is 3. The fourth-order valence-electron chi connectivity index (χ4n) is 2.56. The largest absolute Gasteiger partial charge is 0.496 e. The Bertz CT molecular complexity index is 427. The average Bonchev–Trinajstić information content (AvgIpc) is 2.35. The van der Waals surface area contributed by atoms with Crippen LogP contribution in [0, 0.1) is 0 Å². The molecule has 1 saturated carbocycles. The molecule has 1 aliphatic carbocycles. The van der Waals surface area contributed by atoms with Gasteiger partial charge >= 0.3 is 0 Å². The molecule has 0 amide bonds. The second-order valence-corrected chi connectivity index (χ2v) is 4.78. The first-order valence-corrected chi connectivity index (χ1v) is 6.18. The fourth-order valence-corrected chi connectivity index (χ4v) is 2.56. The standard InChI is InChI=1S/C14H21NO3/c1-16-9-10-5-6-11(17-2)12(13(10)18-3)14(15)7-4-8-14/h5-6H,4,7-9,15H2,1-3H3. The highest BCUT2D eigenvalue weighted by molar-refractivity contribution is 5.54. The summed E-state index contributed by atoms with van der Waals surface area (Å²) < 4.78 is 16.2. The van der Waals surface area contributed by atoms with Crippen molar-refractivity contribution >= 4 is 0 Å². The third kappa shape index (κ3) is 2.06. The molecule has 18 heavy (non-hydrogen) atoms. The van der Waals surface area contributed by atoms with Gasteiger partial charge in [-0.2, -0.15) is 0 Å². The van der Waals surface area contributed by atoms with Gasteiger partial charge in [0.2, 0.25) is 0 Å². The van der Waals surface area contributed by atoms with Crippen LogP contribution in [-0.2, 0) is 16.9 Å². The quantitative estimate of drug-likeness (QED) is 0.871. The third-order valence-corrected chi connectivity index (χ3v) is 3.67. The Labute approximate surface area is 108 Å². The predicted octanol–water partition coefficient (Wildman–Crippen LogP) is 2.19. The SMILES string of the molecule is COCc1ccc(OC)c(C2(N)CCC2)c1OC. The van der Waals surface area contributed by atoms with Gasteiger partial charge in [-0.25, -0.2) is 0 Å². The zero-order valence-electron chi connectivity index (χ0n) is 11.3. The van der Waals surface area contributed by atoms with Gasteiger partial charge in [0, 0.05) is 18.2 Å². The maximum absolute atomic E-state index is 6.44. The van der Waals surface area contributed by atoms with E-state index < -0.39 is 0 Å². The van der Waals surface area contributed by atoms with Gasteiger partial charge in [0.1, 0.15) is 11.5 Å². The number of benzene rings is 1. The summed E-state index contributed by atoms with van der Waals surface area (Å²) in [6, 6.07) is 3.91. The lowest BCUT2D eigenvalue weighted by Crippen LogP contribution is -2.44. The van der Waals surface area contributed by atoms with Crippen LogP contribution >= 0.6 is 0 Å². The molecule has 4 nitrogen and oxygen atoms in total. The molecule has 0 spiro atoms. The summed E-state index contributed by atoms with van der Waals surface area (Å²) in [5.41, 5.74) is 8.11. The van der Waals surface area contributed by atoms with Gasteiger partial charge in [-0.3, -0.25) is 0 Å². The van der Waals surface area contributed by atoms with E-state index in [-0.39, 0.29) is 5.54 Å². The number of hydrogen-bond acceptors (Lipinski definition) is 4. The lowest BCUT2D eigenvalue weighted by atomic mass is 9.71. The number of nitrogens with two attached hydrogens (primary N) is 1. The topological polar surface area (TPSA) is 53.7 Å². The highest BCUT2D eigenvalue weighted by Gasteiger charge is 2.40. The Morgan fingerprint density at radius 3 is 2.33 bits per heavy atom. The molecule has 0 unspecified atom stereocenters. The lowest BCUT2D eigenvalue weighted by molar-refractivity contribution is 0.179. The molecule has 0 bridgehead atoms. The van der Waals surface area contributed by atoms with Crippen LogP contribution < -0.4 is 15.2 Å². The Balaban J connectivity index is 2.54. The maximum atomic E-state index is 6.44. The van der Waals surface area contributed by atoms with Gasteiger partial charge in [-0.15, -0.1) is 0 Å². The normalized spacial score (nSPS) is 17.1. The molecule has 0 aromatic heterocycles. The molecule has 2 rings (SSSR count). The first-order chi connectivity index (χ1) is 8.66. The summed E-state index contributed by atoms with van der Waals surface area (Å²) in [6.07, 6.45) is 3.09. The summed E-state index contributed by atoms with van der Waals surface area (Å²) in [7, 11) is 5.00. The van der Waals surface area contributed by atoms with Crippen molar-refractivity contribution in [3.8, 4) is 11.5 Å². The second kappa shape index (κ2) is 5.16. The van der Waals surface area contributed by atoms with Gasteiger partial charge in [0.05, 0.1) is 26.4 Å². The van der Waals surface area contributed by atoms with Crippen molar-refractivity contribution in [1.29, 1.82) is 0 Å². The van der Waals surface area contributed by atoms with Crippen LogP contribution in [0.15, 0.2) is 12.1 Å². The van der Waals surface area contributed by atoms with Crippen molar-refractivity contribution in [3.63, 3.8) is 0 Å². The minimum atomic E-state index is -0.319. The van der Waals surface area contributed by atoms with E-state index in [1.807, 2.05) is 12.1 Å². The van der Waals surface area contributed by atoms with Crippen molar-refractivity contribution in [2.24, 2.45) is 5.73 Å². The maximum Gasteiger partial charge on any atom is 0.133 e. The predicted molar refractivity (Wildman–Crippen MR) is 70.0 cm³/mol. The van der Waals surface area contributed by atoms with Crippen LogP contribution in [-0.4, -0.2) is 21.3 Å². The van der Waals surface area contributed by atoms with Crippen molar-refractivity contribution in [3.05, 3.63) is 23.3 Å². The van der Waals surface area contributed by atoms with E-state index in [1.54, 1.807) is 21.3 Å². The Morgan fingerprint density at radius 1 is 1.17 bits per heavy atom. The lowest BCUT2D eigenvalue weighted by Gasteiger charge is -2.40. The molecule has 1 aromatic carbocycles. The van der Waals surface area contributed by atoms with E-state index in [2.05, 4.69) is 0 Å². The van der Waals surface area contributed by atoms with E-state index in [0.29, 0.717) is 6.61 Å². The van der Waals surface area contributed by atoms with Gasteiger partial charge in [0.15, 0.2) is 0 Å². The van der Waals surface area contributed by atoms with Gasteiger partial charge in [-0.05, 0) is 31.4 Å². The smallest absolute Gasteiger partial charge is 0.133 e. The van der Waals surface area contributed by atoms with E-state index in [0.717, 1.165) is 41.9 Å². The van der Waals surface area contributed by atoms with Gasteiger partial charge < -0.3 is 19.9 Å². The summed E-state index contributed by atoms with van der Waals surface area (Å²) >= 11 is 0. The first kappa shape index (κ1) is 13.2. The van der Waals surface area contributed by atoms with Crippen LogP contribution in [0.4, 0.5) is 0 Å². The van der Waals surface area contributed by atoms with Gasteiger partial charge in [-0.1, -0.05) is 0 Å². The summed E-state index contributed by atoms with van der Waals surface area (Å²) in [5, 5.41) is 0. The average molecular weight is 251 g/mol. The molecule has 2 N–H and O–H groups in total. The van der Waals surface area contributed by atoms with Crippen LogP contribution in [0.5, 0.6) is 11.5 Å². The van der Waals surface area contributed by atoms with Crippen LogP contribution in [0.2, 0.25) is 0 Å². The molecule has 0 heterocycles. The molecule has 100 valence electrons. The molecule has 4 heteroatoms. The van der Waals surface area contributed by atoms with Crippen molar-refractivity contribution in [1.82, 2.24) is 0 Å². The molecular weight excluding hydrogens is 230 g/mol. The number of hydrogen-bond donors (Lipinski definition) is 1. The second-order valence-electron chi connectivity index (χ2n) is 4.78. The zero-order valence-corrected chi connectivity index (χ0v) is 11.3. The number of methoxy groups -OCH3 is 3. The van der Waals surface area contributed by atoms with Crippen molar-refractivity contribution < 1.29 is 14.2 Å². The van der Waals surface area contributed by atoms with Crippen molar-refractivity contribution in [2.45, 2.75) is 31.4 Å². The van der Waals surface area contributed by atoms with Gasteiger partial charge in [0.25, 0.3) is 0 Å². The zero-order chi connectivity index (χ0) is 13.2. The van der Waals surface area contributed by atoms with E-state index in [1.165, 1.54) is 0 Å². The summed E-state index contributed by atoms with van der Waals surface area (Å²) in [4.78, 5) is 0. The fraction of sp³-hybridized carbons (Fsp3) is 0.571. The van der Waals surface area contributed by atoms with E-state index >= 15 is 0 Å². The molecule has 0 saturated heterocycles. The summed E-state index contributed by atoms with van der Waals surface area (Å²) in [6.45, 7) is 0.510. The summed E-state index contributed by atoms with van der Waals surface area (Å²) in [5.74, 6) is 1.60. The minimum Gasteiger partial charge on any atom is -0.496 e. The Kier molecular flexibility index (Phi) is 3.78. The molecule has 0 radical (unpaired) electrons. The van der Waals surface area contributed by atoms with Crippen LogP contribution in [0.25, 0.3) is 0 Å². The minimum absolute atomic E-state index is 0.319. The molecule has 1 fully saturated rings. The molecule has 1 aliphatic rings. The third-order valence-electron chi connectivity index (χ3n) is 3.67. The van der Waals surface area contributed by atoms with Crippen molar-refractivity contribution in [2.75, 3.05) is 21.3 Å². The van der Waals surface area contributed by atoms with E-state index in [4.69, 9.17) is 19.9 Å². The number of rotatable bonds is 5. The molecule has 0 atom stereocenters. The highest BCUT2D eigenvalue weighted by atomic mass is 16.5. The monoisotopic (exact) mass is 251 g/mol. The van der Waals surface area contributed by atoms with E-state index in [9.17, 15) is 0 Å². The molecule has 0 aliphatic heterocycles. The Hall–Kier alpha value is -1.26. The van der Waals surface area contributed by atoms with Crippen LogP contribution in [0.1, 0.15) is 30.4 Å². The first-order valence-electron chi connectivity index (χ1n) is 6.18. The van der Waals surface area contributed by atoms with Crippen LogP contribution in [0.3, 0.4) is 0 Å². The highest BCUT2D eigenvalue weighted by Crippen LogP contribution is 2.48.